The molecule has 1 saturated heterocycles. The maximum absolute atomic E-state index is 12.8. The first kappa shape index (κ1) is 15.0. The number of rotatable bonds is 3. The summed E-state index contributed by atoms with van der Waals surface area (Å²) in [5, 5.41) is 0. The second-order valence-electron chi connectivity index (χ2n) is 5.30. The largest absolute Gasteiger partial charge is 0.368 e. The Morgan fingerprint density at radius 1 is 1.30 bits per heavy atom. The number of aryl methyl sites for hydroxylation is 2. The Labute approximate surface area is 119 Å². The van der Waals surface area contributed by atoms with E-state index < -0.39 is 22.0 Å². The van der Waals surface area contributed by atoms with Gasteiger partial charge in [-0.05, 0) is 38.3 Å². The second-order valence-corrected chi connectivity index (χ2v) is 7.16. The lowest BCUT2D eigenvalue weighted by Crippen LogP contribution is -2.50. The number of nitrogens with zero attached hydrogens (tertiary/aromatic N) is 1. The molecule has 1 atom stereocenters. The van der Waals surface area contributed by atoms with Crippen molar-refractivity contribution < 1.29 is 13.2 Å². The average Bonchev–Trinajstić information content (AvgIpc) is 2.38. The van der Waals surface area contributed by atoms with Gasteiger partial charge in [-0.1, -0.05) is 24.1 Å². The molecule has 1 aliphatic rings. The van der Waals surface area contributed by atoms with Gasteiger partial charge in [0.1, 0.15) is 6.04 Å². The number of carbonyl (C=O) groups is 1. The first-order chi connectivity index (χ1) is 9.34. The standard InChI is InChI=1S/C14H20N2O3S/c1-10-6-7-13(11(2)9-10)20(18,19)16-8-4-3-5-12(16)14(15)17/h6-7,9,12H,3-5,8H2,1-2H3,(H2,15,17). The van der Waals surface area contributed by atoms with Gasteiger partial charge in [0, 0.05) is 6.54 Å². The number of sulfonamides is 1. The summed E-state index contributed by atoms with van der Waals surface area (Å²) >= 11 is 0. The fourth-order valence-electron chi connectivity index (χ4n) is 2.69. The van der Waals surface area contributed by atoms with E-state index in [4.69, 9.17) is 5.73 Å². The van der Waals surface area contributed by atoms with Crippen molar-refractivity contribution in [3.05, 3.63) is 29.3 Å². The monoisotopic (exact) mass is 296 g/mol. The molecular formula is C14H20N2O3S. The molecule has 1 aliphatic heterocycles. The molecule has 1 fully saturated rings. The van der Waals surface area contributed by atoms with Crippen molar-refractivity contribution in [1.29, 1.82) is 0 Å². The number of piperidine rings is 1. The van der Waals surface area contributed by atoms with Crippen LogP contribution in [0.1, 0.15) is 30.4 Å². The van der Waals surface area contributed by atoms with Crippen LogP contribution in [0, 0.1) is 13.8 Å². The number of hydrogen-bond donors (Lipinski definition) is 1. The van der Waals surface area contributed by atoms with E-state index in [9.17, 15) is 13.2 Å². The highest BCUT2D eigenvalue weighted by molar-refractivity contribution is 7.89. The van der Waals surface area contributed by atoms with E-state index in [1.807, 2.05) is 13.0 Å². The Balaban J connectivity index is 2.45. The molecule has 2 N–H and O–H groups in total. The zero-order chi connectivity index (χ0) is 14.9. The van der Waals surface area contributed by atoms with Gasteiger partial charge in [-0.2, -0.15) is 4.31 Å². The van der Waals surface area contributed by atoms with E-state index in [1.165, 1.54) is 4.31 Å². The van der Waals surface area contributed by atoms with Crippen LogP contribution in [-0.2, 0) is 14.8 Å². The third-order valence-corrected chi connectivity index (χ3v) is 5.77. The lowest BCUT2D eigenvalue weighted by atomic mass is 10.0. The van der Waals surface area contributed by atoms with Crippen molar-refractivity contribution in [2.45, 2.75) is 44.0 Å². The van der Waals surface area contributed by atoms with Crippen molar-refractivity contribution in [3.63, 3.8) is 0 Å². The first-order valence-electron chi connectivity index (χ1n) is 6.72. The molecule has 20 heavy (non-hydrogen) atoms. The summed E-state index contributed by atoms with van der Waals surface area (Å²) < 4.78 is 26.8. The van der Waals surface area contributed by atoms with Crippen molar-refractivity contribution in [3.8, 4) is 0 Å². The molecule has 5 nitrogen and oxygen atoms in total. The molecule has 2 rings (SSSR count). The minimum absolute atomic E-state index is 0.260. The summed E-state index contributed by atoms with van der Waals surface area (Å²) in [5.74, 6) is -0.571. The minimum Gasteiger partial charge on any atom is -0.368 e. The van der Waals surface area contributed by atoms with Crippen LogP contribution in [0.4, 0.5) is 0 Å². The Hall–Kier alpha value is -1.40. The summed E-state index contributed by atoms with van der Waals surface area (Å²) in [6.07, 6.45) is 2.08. The van der Waals surface area contributed by atoms with Crippen LogP contribution in [0.2, 0.25) is 0 Å². The van der Waals surface area contributed by atoms with Gasteiger partial charge in [0.2, 0.25) is 15.9 Å². The molecule has 110 valence electrons. The lowest BCUT2D eigenvalue weighted by Gasteiger charge is -2.32. The van der Waals surface area contributed by atoms with E-state index in [0.717, 1.165) is 18.4 Å². The van der Waals surface area contributed by atoms with Crippen LogP contribution >= 0.6 is 0 Å². The maximum Gasteiger partial charge on any atom is 0.244 e. The summed E-state index contributed by atoms with van der Waals surface area (Å²) in [4.78, 5) is 11.8. The molecule has 1 unspecified atom stereocenters. The number of carbonyl (C=O) groups excluding carboxylic acids is 1. The van der Waals surface area contributed by atoms with Crippen LogP contribution in [-0.4, -0.2) is 31.2 Å². The van der Waals surface area contributed by atoms with Gasteiger partial charge in [0.25, 0.3) is 0 Å². The van der Waals surface area contributed by atoms with Gasteiger partial charge in [0.15, 0.2) is 0 Å². The fraction of sp³-hybridized carbons (Fsp3) is 0.500. The number of hydrogen-bond acceptors (Lipinski definition) is 3. The topological polar surface area (TPSA) is 80.5 Å². The minimum atomic E-state index is -3.67. The Kier molecular flexibility index (Phi) is 4.15. The van der Waals surface area contributed by atoms with Crippen LogP contribution in [0.5, 0.6) is 0 Å². The Morgan fingerprint density at radius 2 is 2.00 bits per heavy atom. The van der Waals surface area contributed by atoms with Gasteiger partial charge in [-0.15, -0.1) is 0 Å². The third kappa shape index (κ3) is 2.71. The molecule has 1 amide bonds. The van der Waals surface area contributed by atoms with Crippen molar-refractivity contribution in [1.82, 2.24) is 4.31 Å². The molecule has 1 heterocycles. The molecule has 0 radical (unpaired) electrons. The summed E-state index contributed by atoms with van der Waals surface area (Å²) in [5.41, 5.74) is 7.05. The molecule has 1 aromatic rings. The second kappa shape index (κ2) is 5.54. The average molecular weight is 296 g/mol. The van der Waals surface area contributed by atoms with Gasteiger partial charge in [0.05, 0.1) is 4.90 Å². The Bertz CT molecular complexity index is 625. The third-order valence-electron chi connectivity index (χ3n) is 3.70. The molecule has 0 bridgehead atoms. The van der Waals surface area contributed by atoms with Crippen LogP contribution in [0.3, 0.4) is 0 Å². The zero-order valence-corrected chi connectivity index (χ0v) is 12.6. The Morgan fingerprint density at radius 3 is 2.60 bits per heavy atom. The summed E-state index contributed by atoms with van der Waals surface area (Å²) in [6.45, 7) is 4.03. The van der Waals surface area contributed by atoms with Crippen molar-refractivity contribution >= 4 is 15.9 Å². The van der Waals surface area contributed by atoms with Gasteiger partial charge >= 0.3 is 0 Å². The van der Waals surface area contributed by atoms with E-state index >= 15 is 0 Å². The van der Waals surface area contributed by atoms with E-state index in [-0.39, 0.29) is 4.90 Å². The van der Waals surface area contributed by atoms with Crippen LogP contribution in [0.15, 0.2) is 23.1 Å². The quantitative estimate of drug-likeness (QED) is 0.913. The van der Waals surface area contributed by atoms with Gasteiger partial charge in [-0.25, -0.2) is 8.42 Å². The highest BCUT2D eigenvalue weighted by Crippen LogP contribution is 2.27. The first-order valence-corrected chi connectivity index (χ1v) is 8.16. The summed E-state index contributed by atoms with van der Waals surface area (Å²) in [7, 11) is -3.67. The summed E-state index contributed by atoms with van der Waals surface area (Å²) in [6, 6.07) is 4.47. The number of nitrogens with two attached hydrogens (primary N) is 1. The van der Waals surface area contributed by atoms with E-state index in [2.05, 4.69) is 0 Å². The molecule has 0 spiro atoms. The van der Waals surface area contributed by atoms with Gasteiger partial charge in [-0.3, -0.25) is 4.79 Å². The SMILES string of the molecule is Cc1ccc(S(=O)(=O)N2CCCCC2C(N)=O)c(C)c1. The lowest BCUT2D eigenvalue weighted by molar-refractivity contribution is -0.122. The number of amides is 1. The van der Waals surface area contributed by atoms with Crippen LogP contribution < -0.4 is 5.73 Å². The highest BCUT2D eigenvalue weighted by Gasteiger charge is 2.37. The smallest absolute Gasteiger partial charge is 0.244 e. The fourth-order valence-corrected chi connectivity index (χ4v) is 4.56. The zero-order valence-electron chi connectivity index (χ0n) is 11.8. The van der Waals surface area contributed by atoms with E-state index in [0.29, 0.717) is 18.5 Å². The molecule has 0 saturated carbocycles. The molecule has 1 aromatic carbocycles. The highest BCUT2D eigenvalue weighted by atomic mass is 32.2. The number of primary amides is 1. The van der Waals surface area contributed by atoms with Crippen molar-refractivity contribution in [2.75, 3.05) is 6.54 Å². The predicted octanol–water partition coefficient (Wildman–Crippen LogP) is 1.33. The van der Waals surface area contributed by atoms with Gasteiger partial charge < -0.3 is 5.73 Å². The molecule has 6 heteroatoms. The molecule has 0 aliphatic carbocycles. The predicted molar refractivity (Wildman–Crippen MR) is 76.6 cm³/mol. The molecular weight excluding hydrogens is 276 g/mol. The maximum atomic E-state index is 12.8. The van der Waals surface area contributed by atoms with E-state index in [1.54, 1.807) is 19.1 Å². The van der Waals surface area contributed by atoms with Crippen molar-refractivity contribution in [2.24, 2.45) is 5.73 Å². The molecule has 0 aromatic heterocycles. The normalized spacial score (nSPS) is 20.8. The van der Waals surface area contributed by atoms with Crippen LogP contribution in [0.25, 0.3) is 0 Å². The number of benzene rings is 1.